The maximum Gasteiger partial charge on any atom is 0.293 e. The van der Waals surface area contributed by atoms with Crippen LogP contribution in [0.2, 0.25) is 0 Å². The molecule has 2 aromatic heterocycles. The standard InChI is InChI=1S/C18H13FN2O4S2/c1-9-12-7-10(19)3-6-14(12)25-16(9)17(22)21-18-20-13-5-4-11(27(2,23)24)8-15(13)26-18/h3-8H,1-2H3,(H,20,21,22). The van der Waals surface area contributed by atoms with E-state index in [-0.39, 0.29) is 10.7 Å². The molecule has 9 heteroatoms. The molecule has 4 rings (SSSR count). The third-order valence-electron chi connectivity index (χ3n) is 4.11. The molecule has 2 heterocycles. The molecule has 0 saturated heterocycles. The van der Waals surface area contributed by atoms with E-state index >= 15 is 0 Å². The van der Waals surface area contributed by atoms with Crippen LogP contribution in [0.1, 0.15) is 16.1 Å². The van der Waals surface area contributed by atoms with E-state index in [1.54, 1.807) is 13.0 Å². The maximum absolute atomic E-state index is 13.4. The van der Waals surface area contributed by atoms with Crippen LogP contribution in [0.15, 0.2) is 45.7 Å². The number of hydrogen-bond acceptors (Lipinski definition) is 6. The second-order valence-electron chi connectivity index (χ2n) is 6.07. The molecule has 0 aliphatic heterocycles. The first-order chi connectivity index (χ1) is 12.7. The van der Waals surface area contributed by atoms with Crippen molar-refractivity contribution in [2.24, 2.45) is 0 Å². The number of hydrogen-bond donors (Lipinski definition) is 1. The summed E-state index contributed by atoms with van der Waals surface area (Å²) in [7, 11) is -3.33. The SMILES string of the molecule is Cc1c(C(=O)Nc2nc3ccc(S(C)(=O)=O)cc3s2)oc2ccc(F)cc12. The van der Waals surface area contributed by atoms with Gasteiger partial charge in [0.2, 0.25) is 0 Å². The lowest BCUT2D eigenvalue weighted by Crippen LogP contribution is -2.11. The van der Waals surface area contributed by atoms with Gasteiger partial charge in [-0.25, -0.2) is 17.8 Å². The van der Waals surface area contributed by atoms with Gasteiger partial charge in [-0.3, -0.25) is 10.1 Å². The Morgan fingerprint density at radius 2 is 2.00 bits per heavy atom. The smallest absolute Gasteiger partial charge is 0.293 e. The quantitative estimate of drug-likeness (QED) is 0.554. The van der Waals surface area contributed by atoms with Gasteiger partial charge in [-0.05, 0) is 43.3 Å². The number of nitrogens with zero attached hydrogens (tertiary/aromatic N) is 1. The fourth-order valence-corrected chi connectivity index (χ4v) is 4.37. The van der Waals surface area contributed by atoms with Crippen molar-refractivity contribution in [3.63, 3.8) is 0 Å². The molecule has 27 heavy (non-hydrogen) atoms. The van der Waals surface area contributed by atoms with Crippen LogP contribution in [0.25, 0.3) is 21.2 Å². The van der Waals surface area contributed by atoms with Gasteiger partial charge >= 0.3 is 0 Å². The summed E-state index contributed by atoms with van der Waals surface area (Å²) in [6.45, 7) is 1.68. The topological polar surface area (TPSA) is 89.3 Å². The van der Waals surface area contributed by atoms with Gasteiger partial charge in [0.15, 0.2) is 20.7 Å². The predicted octanol–water partition coefficient (Wildman–Crippen LogP) is 4.15. The lowest BCUT2D eigenvalue weighted by atomic mass is 10.1. The molecule has 0 saturated carbocycles. The summed E-state index contributed by atoms with van der Waals surface area (Å²) < 4.78 is 42.9. The summed E-state index contributed by atoms with van der Waals surface area (Å²) in [6, 6.07) is 8.63. The summed E-state index contributed by atoms with van der Waals surface area (Å²) >= 11 is 1.16. The van der Waals surface area contributed by atoms with Gasteiger partial charge in [0.25, 0.3) is 5.91 Å². The normalized spacial score (nSPS) is 12.0. The van der Waals surface area contributed by atoms with Gasteiger partial charge in [-0.1, -0.05) is 11.3 Å². The number of carbonyl (C=O) groups is 1. The minimum Gasteiger partial charge on any atom is -0.451 e. The molecule has 0 fully saturated rings. The molecule has 0 atom stereocenters. The highest BCUT2D eigenvalue weighted by Gasteiger charge is 2.20. The number of carbonyl (C=O) groups excluding carboxylic acids is 1. The highest BCUT2D eigenvalue weighted by Crippen LogP contribution is 2.30. The molecule has 6 nitrogen and oxygen atoms in total. The molecule has 138 valence electrons. The first-order valence-electron chi connectivity index (χ1n) is 7.83. The monoisotopic (exact) mass is 404 g/mol. The third kappa shape index (κ3) is 3.19. The largest absolute Gasteiger partial charge is 0.451 e. The average molecular weight is 404 g/mol. The van der Waals surface area contributed by atoms with Crippen molar-refractivity contribution >= 4 is 53.4 Å². The van der Waals surface area contributed by atoms with Gasteiger partial charge in [-0.15, -0.1) is 0 Å². The summed E-state index contributed by atoms with van der Waals surface area (Å²) in [6.07, 6.45) is 1.13. The molecule has 0 aliphatic carbocycles. The Hall–Kier alpha value is -2.78. The minimum absolute atomic E-state index is 0.0756. The number of halogens is 1. The Bertz CT molecular complexity index is 1320. The van der Waals surface area contributed by atoms with Crippen LogP contribution in [-0.2, 0) is 9.84 Å². The Kier molecular flexibility index (Phi) is 4.01. The van der Waals surface area contributed by atoms with E-state index < -0.39 is 21.6 Å². The number of nitrogens with one attached hydrogen (secondary N) is 1. The molecule has 1 amide bonds. The van der Waals surface area contributed by atoms with Crippen LogP contribution >= 0.6 is 11.3 Å². The van der Waals surface area contributed by atoms with Crippen LogP contribution < -0.4 is 5.32 Å². The molecule has 0 bridgehead atoms. The number of fused-ring (bicyclic) bond motifs is 2. The summed E-state index contributed by atoms with van der Waals surface area (Å²) in [4.78, 5) is 17.0. The second kappa shape index (κ2) is 6.14. The zero-order chi connectivity index (χ0) is 19.3. The zero-order valence-corrected chi connectivity index (χ0v) is 15.9. The van der Waals surface area contributed by atoms with E-state index in [4.69, 9.17) is 4.42 Å². The van der Waals surface area contributed by atoms with Gasteiger partial charge in [-0.2, -0.15) is 0 Å². The van der Waals surface area contributed by atoms with Gasteiger partial charge in [0.1, 0.15) is 11.4 Å². The maximum atomic E-state index is 13.4. The molecular weight excluding hydrogens is 391 g/mol. The molecule has 0 aliphatic rings. The number of aryl methyl sites for hydroxylation is 1. The van der Waals surface area contributed by atoms with Crippen molar-refractivity contribution in [3.8, 4) is 0 Å². The summed E-state index contributed by atoms with van der Waals surface area (Å²) in [5.74, 6) is -0.843. The number of amides is 1. The Morgan fingerprint density at radius 1 is 1.22 bits per heavy atom. The number of rotatable bonds is 3. The highest BCUT2D eigenvalue weighted by molar-refractivity contribution is 7.90. The number of furan rings is 1. The number of benzene rings is 2. The lowest BCUT2D eigenvalue weighted by Gasteiger charge is -1.98. The lowest BCUT2D eigenvalue weighted by molar-refractivity contribution is 0.0998. The molecular formula is C18H13FN2O4S2. The van der Waals surface area contributed by atoms with Gasteiger partial charge < -0.3 is 4.42 Å². The zero-order valence-electron chi connectivity index (χ0n) is 14.2. The fraction of sp³-hybridized carbons (Fsp3) is 0.111. The third-order valence-corrected chi connectivity index (χ3v) is 6.16. The first-order valence-corrected chi connectivity index (χ1v) is 10.5. The molecule has 0 radical (unpaired) electrons. The Balaban J connectivity index is 1.68. The van der Waals surface area contributed by atoms with E-state index in [1.807, 2.05) is 0 Å². The van der Waals surface area contributed by atoms with E-state index in [1.165, 1.54) is 30.3 Å². The Labute approximate surface area is 157 Å². The molecule has 4 aromatic rings. The van der Waals surface area contributed by atoms with Crippen molar-refractivity contribution in [2.45, 2.75) is 11.8 Å². The van der Waals surface area contributed by atoms with Crippen molar-refractivity contribution < 1.29 is 22.0 Å². The number of anilines is 1. The van der Waals surface area contributed by atoms with Gasteiger partial charge in [0, 0.05) is 17.2 Å². The molecule has 0 unspecified atom stereocenters. The van der Waals surface area contributed by atoms with Crippen LogP contribution in [0.3, 0.4) is 0 Å². The molecule has 1 N–H and O–H groups in total. The number of aromatic nitrogens is 1. The number of thiazole rings is 1. The van der Waals surface area contributed by atoms with Crippen LogP contribution in [0, 0.1) is 12.7 Å². The van der Waals surface area contributed by atoms with Crippen molar-refractivity contribution in [2.75, 3.05) is 11.6 Å². The predicted molar refractivity (Wildman–Crippen MR) is 102 cm³/mol. The van der Waals surface area contributed by atoms with E-state index in [2.05, 4.69) is 10.3 Å². The van der Waals surface area contributed by atoms with Crippen molar-refractivity contribution in [3.05, 3.63) is 53.5 Å². The highest BCUT2D eigenvalue weighted by atomic mass is 32.2. The van der Waals surface area contributed by atoms with Gasteiger partial charge in [0.05, 0.1) is 15.1 Å². The van der Waals surface area contributed by atoms with E-state index in [0.717, 1.165) is 17.6 Å². The van der Waals surface area contributed by atoms with Crippen LogP contribution in [-0.4, -0.2) is 25.6 Å². The summed E-state index contributed by atoms with van der Waals surface area (Å²) in [5.41, 5.74) is 1.52. The fourth-order valence-electron chi connectivity index (χ4n) is 2.75. The van der Waals surface area contributed by atoms with Crippen LogP contribution in [0.5, 0.6) is 0 Å². The number of sulfone groups is 1. The van der Waals surface area contributed by atoms with Crippen molar-refractivity contribution in [1.29, 1.82) is 0 Å². The Morgan fingerprint density at radius 3 is 2.74 bits per heavy atom. The second-order valence-corrected chi connectivity index (χ2v) is 9.12. The average Bonchev–Trinajstić information content (AvgIpc) is 3.14. The summed E-state index contributed by atoms with van der Waals surface area (Å²) in [5, 5.41) is 3.50. The van der Waals surface area contributed by atoms with E-state index in [9.17, 15) is 17.6 Å². The molecule has 0 spiro atoms. The first kappa shape index (κ1) is 17.6. The van der Waals surface area contributed by atoms with E-state index in [0.29, 0.717) is 31.9 Å². The van der Waals surface area contributed by atoms with Crippen LogP contribution in [0.4, 0.5) is 9.52 Å². The minimum atomic E-state index is -3.33. The van der Waals surface area contributed by atoms with Crippen molar-refractivity contribution in [1.82, 2.24) is 4.98 Å². The molecule has 2 aromatic carbocycles.